The smallest absolute Gasteiger partial charge is 0.241 e. The number of carbonyl (C=O) groups is 1. The molecule has 1 saturated heterocycles. The minimum absolute atomic E-state index is 0. The van der Waals surface area contributed by atoms with E-state index >= 15 is 0 Å². The summed E-state index contributed by atoms with van der Waals surface area (Å²) in [6.45, 7) is 7.09. The molecule has 1 amide bonds. The molecule has 0 saturated carbocycles. The van der Waals surface area contributed by atoms with Gasteiger partial charge >= 0.3 is 0 Å². The number of ether oxygens (including phenoxy) is 1. The Morgan fingerprint density at radius 2 is 2.00 bits per heavy atom. The first-order chi connectivity index (χ1) is 11.0. The van der Waals surface area contributed by atoms with Gasteiger partial charge in [-0.3, -0.25) is 4.79 Å². The number of amides is 1. The zero-order chi connectivity index (χ0) is 16.4. The van der Waals surface area contributed by atoms with E-state index in [0.717, 1.165) is 47.3 Å². The van der Waals surface area contributed by atoms with Crippen molar-refractivity contribution >= 4 is 63.1 Å². The highest BCUT2D eigenvalue weighted by atomic mass is 35.5. The number of thiazole rings is 1. The van der Waals surface area contributed by atoms with Crippen LogP contribution in [0.4, 0.5) is 10.8 Å². The summed E-state index contributed by atoms with van der Waals surface area (Å²) in [6, 6.07) is 5.26. The maximum absolute atomic E-state index is 12.1. The van der Waals surface area contributed by atoms with Gasteiger partial charge in [-0.2, -0.15) is 0 Å². The number of benzene rings is 1. The average Bonchev–Trinajstić information content (AvgIpc) is 2.98. The van der Waals surface area contributed by atoms with E-state index in [-0.39, 0.29) is 36.6 Å². The first-order valence-corrected chi connectivity index (χ1v) is 8.66. The van der Waals surface area contributed by atoms with E-state index in [2.05, 4.69) is 15.2 Å². The zero-order valence-electron chi connectivity index (χ0n) is 14.2. The number of nitrogens with two attached hydrogens (primary N) is 1. The van der Waals surface area contributed by atoms with Crippen LogP contribution < -0.4 is 16.0 Å². The molecule has 0 bridgehead atoms. The molecule has 1 atom stereocenters. The molecule has 9 heteroatoms. The van der Waals surface area contributed by atoms with Crippen molar-refractivity contribution in [3.8, 4) is 0 Å². The molecule has 1 fully saturated rings. The van der Waals surface area contributed by atoms with Crippen molar-refractivity contribution in [1.29, 1.82) is 0 Å². The molecule has 3 rings (SSSR count). The second-order valence-corrected chi connectivity index (χ2v) is 7.05. The highest BCUT2D eigenvalue weighted by molar-refractivity contribution is 7.22. The van der Waals surface area contributed by atoms with Crippen molar-refractivity contribution in [1.82, 2.24) is 4.98 Å². The van der Waals surface area contributed by atoms with Gasteiger partial charge in [0, 0.05) is 18.8 Å². The lowest BCUT2D eigenvalue weighted by Gasteiger charge is -2.25. The van der Waals surface area contributed by atoms with Crippen LogP contribution in [-0.4, -0.2) is 43.2 Å². The fraction of sp³-hybridized carbons (Fsp3) is 0.500. The van der Waals surface area contributed by atoms with Gasteiger partial charge in [-0.25, -0.2) is 4.98 Å². The van der Waals surface area contributed by atoms with E-state index < -0.39 is 6.04 Å². The van der Waals surface area contributed by atoms with E-state index in [1.807, 2.05) is 32.0 Å². The summed E-state index contributed by atoms with van der Waals surface area (Å²) in [6.07, 6.45) is 0. The molecule has 2 aromatic rings. The van der Waals surface area contributed by atoms with Gasteiger partial charge in [0.15, 0.2) is 5.13 Å². The standard InChI is InChI=1S/C16H22N4O2S.2ClH/c1-10(2)14(17)15(21)18-11-3-4-12-13(9-11)23-16(19-12)20-5-7-22-8-6-20;;/h3-4,9-10,14H,5-8,17H2,1-2H3,(H,18,21);2*1H. The van der Waals surface area contributed by atoms with Crippen LogP contribution in [0.1, 0.15) is 13.8 Å². The monoisotopic (exact) mass is 406 g/mol. The number of hydrogen-bond donors (Lipinski definition) is 2. The molecule has 1 aliphatic heterocycles. The van der Waals surface area contributed by atoms with Crippen LogP contribution in [0.3, 0.4) is 0 Å². The Bertz CT molecular complexity index is 704. The molecule has 1 aromatic heterocycles. The Morgan fingerprint density at radius 3 is 2.64 bits per heavy atom. The molecule has 0 spiro atoms. The topological polar surface area (TPSA) is 80.5 Å². The summed E-state index contributed by atoms with van der Waals surface area (Å²) < 4.78 is 6.43. The zero-order valence-corrected chi connectivity index (χ0v) is 16.7. The van der Waals surface area contributed by atoms with Crippen molar-refractivity contribution in [3.63, 3.8) is 0 Å². The van der Waals surface area contributed by atoms with Gasteiger partial charge in [-0.05, 0) is 24.1 Å². The normalized spacial score (nSPS) is 15.4. The summed E-state index contributed by atoms with van der Waals surface area (Å²) in [5.74, 6) is -0.0488. The van der Waals surface area contributed by atoms with Crippen LogP contribution >= 0.6 is 36.2 Å². The minimum Gasteiger partial charge on any atom is -0.378 e. The summed E-state index contributed by atoms with van der Waals surface area (Å²) >= 11 is 1.64. The minimum atomic E-state index is -0.504. The van der Waals surface area contributed by atoms with E-state index in [1.165, 1.54) is 0 Å². The predicted octanol–water partition coefficient (Wildman–Crippen LogP) is 2.90. The number of nitrogens with one attached hydrogen (secondary N) is 1. The molecular weight excluding hydrogens is 383 g/mol. The van der Waals surface area contributed by atoms with Crippen LogP contribution in [0.5, 0.6) is 0 Å². The van der Waals surface area contributed by atoms with Crippen LogP contribution in [0.25, 0.3) is 10.2 Å². The fourth-order valence-electron chi connectivity index (χ4n) is 2.41. The Kier molecular flexibility index (Phi) is 8.37. The lowest BCUT2D eigenvalue weighted by atomic mass is 10.1. The maximum Gasteiger partial charge on any atom is 0.241 e. The predicted molar refractivity (Wildman–Crippen MR) is 109 cm³/mol. The average molecular weight is 407 g/mol. The molecule has 1 unspecified atom stereocenters. The third kappa shape index (κ3) is 5.18. The van der Waals surface area contributed by atoms with Gasteiger partial charge < -0.3 is 20.7 Å². The fourth-order valence-corrected chi connectivity index (χ4v) is 3.46. The lowest BCUT2D eigenvalue weighted by molar-refractivity contribution is -0.118. The van der Waals surface area contributed by atoms with E-state index in [4.69, 9.17) is 10.5 Å². The molecule has 0 radical (unpaired) electrons. The highest BCUT2D eigenvalue weighted by Crippen LogP contribution is 2.31. The largest absolute Gasteiger partial charge is 0.378 e. The molecule has 1 aromatic carbocycles. The van der Waals surface area contributed by atoms with Crippen LogP contribution in [0.15, 0.2) is 18.2 Å². The Morgan fingerprint density at radius 1 is 1.32 bits per heavy atom. The maximum atomic E-state index is 12.1. The van der Waals surface area contributed by atoms with Gasteiger partial charge in [0.1, 0.15) is 0 Å². The van der Waals surface area contributed by atoms with Gasteiger partial charge in [0.25, 0.3) is 0 Å². The highest BCUT2D eigenvalue weighted by Gasteiger charge is 2.18. The van der Waals surface area contributed by atoms with Gasteiger partial charge in [0.05, 0.1) is 29.5 Å². The van der Waals surface area contributed by atoms with Gasteiger partial charge in [-0.15, -0.1) is 24.8 Å². The third-order valence-corrected chi connectivity index (χ3v) is 5.03. The van der Waals surface area contributed by atoms with E-state index in [0.29, 0.717) is 0 Å². The van der Waals surface area contributed by atoms with Crippen molar-refractivity contribution in [2.45, 2.75) is 19.9 Å². The first-order valence-electron chi connectivity index (χ1n) is 7.84. The second kappa shape index (κ2) is 9.54. The molecule has 1 aliphatic rings. The molecule has 0 aliphatic carbocycles. The number of rotatable bonds is 4. The molecule has 6 nitrogen and oxygen atoms in total. The van der Waals surface area contributed by atoms with E-state index in [1.54, 1.807) is 11.3 Å². The third-order valence-electron chi connectivity index (χ3n) is 3.95. The lowest BCUT2D eigenvalue weighted by Crippen LogP contribution is -2.39. The number of fused-ring (bicyclic) bond motifs is 1. The van der Waals surface area contributed by atoms with Crippen molar-refractivity contribution in [2.24, 2.45) is 11.7 Å². The van der Waals surface area contributed by atoms with Crippen molar-refractivity contribution < 1.29 is 9.53 Å². The molecule has 3 N–H and O–H groups in total. The number of nitrogens with zero attached hydrogens (tertiary/aromatic N) is 2. The molecule has 25 heavy (non-hydrogen) atoms. The number of anilines is 2. The Balaban J connectivity index is 0.00000156. The molecular formula is C16H24Cl2N4O2S. The quantitative estimate of drug-likeness (QED) is 0.815. The van der Waals surface area contributed by atoms with Crippen LogP contribution in [0, 0.1) is 5.92 Å². The summed E-state index contributed by atoms with van der Waals surface area (Å²) in [4.78, 5) is 19.0. The number of hydrogen-bond acceptors (Lipinski definition) is 6. The number of halogens is 2. The van der Waals surface area contributed by atoms with Crippen molar-refractivity contribution in [2.75, 3.05) is 36.5 Å². The summed E-state index contributed by atoms with van der Waals surface area (Å²) in [5, 5.41) is 3.89. The second-order valence-electron chi connectivity index (χ2n) is 6.04. The van der Waals surface area contributed by atoms with Crippen LogP contribution in [0.2, 0.25) is 0 Å². The number of aromatic nitrogens is 1. The summed E-state index contributed by atoms with van der Waals surface area (Å²) in [7, 11) is 0. The van der Waals surface area contributed by atoms with E-state index in [9.17, 15) is 4.79 Å². The van der Waals surface area contributed by atoms with Gasteiger partial charge in [-0.1, -0.05) is 25.2 Å². The Hall–Kier alpha value is -1.12. The Labute approximate surface area is 163 Å². The summed E-state index contributed by atoms with van der Waals surface area (Å²) in [5.41, 5.74) is 7.59. The SMILES string of the molecule is CC(C)C(N)C(=O)Nc1ccc2nc(N3CCOCC3)sc2c1.Cl.Cl. The first kappa shape index (κ1) is 21.9. The van der Waals surface area contributed by atoms with Crippen LogP contribution in [-0.2, 0) is 9.53 Å². The molecule has 2 heterocycles. The number of morpholine rings is 1. The van der Waals surface area contributed by atoms with Crippen molar-refractivity contribution in [3.05, 3.63) is 18.2 Å². The van der Waals surface area contributed by atoms with Gasteiger partial charge in [0.2, 0.25) is 5.91 Å². The number of carbonyl (C=O) groups excluding carboxylic acids is 1. The molecule has 140 valence electrons.